The highest BCUT2D eigenvalue weighted by Gasteiger charge is 2.17. The lowest BCUT2D eigenvalue weighted by molar-refractivity contribution is -0.116. The number of hydrogen-bond acceptors (Lipinski definition) is 3. The Hall–Kier alpha value is -3.08. The van der Waals surface area contributed by atoms with Crippen LogP contribution in [0.3, 0.4) is 0 Å². The number of hydrogen-bond donors (Lipinski definition) is 1. The lowest BCUT2D eigenvalue weighted by Crippen LogP contribution is -2.34. The van der Waals surface area contributed by atoms with Gasteiger partial charge in [0.2, 0.25) is 5.91 Å². The number of furan rings is 1. The summed E-state index contributed by atoms with van der Waals surface area (Å²) in [4.78, 5) is 25.6. The van der Waals surface area contributed by atoms with Crippen LogP contribution in [0.2, 0.25) is 0 Å². The van der Waals surface area contributed by atoms with E-state index < -0.39 is 0 Å². The summed E-state index contributed by atoms with van der Waals surface area (Å²) < 4.78 is 5.05. The van der Waals surface area contributed by atoms with Crippen molar-refractivity contribution in [1.82, 2.24) is 4.90 Å². The third-order valence-electron chi connectivity index (χ3n) is 3.52. The van der Waals surface area contributed by atoms with E-state index in [-0.39, 0.29) is 24.1 Å². The first kappa shape index (κ1) is 14.8. The van der Waals surface area contributed by atoms with E-state index in [4.69, 9.17) is 4.42 Å². The first-order valence-corrected chi connectivity index (χ1v) is 7.22. The number of benzene rings is 2. The van der Waals surface area contributed by atoms with Gasteiger partial charge in [-0.1, -0.05) is 36.4 Å². The van der Waals surface area contributed by atoms with Gasteiger partial charge in [-0.3, -0.25) is 9.59 Å². The number of likely N-dealkylation sites (N-methyl/N-ethyl adjacent to an activating group) is 1. The largest absolute Gasteiger partial charge is 0.459 e. The minimum absolute atomic E-state index is 0.0528. The molecule has 0 radical (unpaired) electrons. The molecular formula is C18H16N2O3. The van der Waals surface area contributed by atoms with Crippen LogP contribution in [0.5, 0.6) is 0 Å². The minimum Gasteiger partial charge on any atom is -0.459 e. The van der Waals surface area contributed by atoms with Gasteiger partial charge in [-0.25, -0.2) is 0 Å². The summed E-state index contributed by atoms with van der Waals surface area (Å²) in [5, 5.41) is 4.86. The highest BCUT2D eigenvalue weighted by Crippen LogP contribution is 2.22. The monoisotopic (exact) mass is 308 g/mol. The molecule has 5 nitrogen and oxygen atoms in total. The third kappa shape index (κ3) is 3.23. The first-order valence-electron chi connectivity index (χ1n) is 7.22. The Bertz CT molecular complexity index is 835. The van der Waals surface area contributed by atoms with Crippen molar-refractivity contribution < 1.29 is 14.0 Å². The predicted molar refractivity (Wildman–Crippen MR) is 88.2 cm³/mol. The summed E-state index contributed by atoms with van der Waals surface area (Å²) in [5.41, 5.74) is 0.729. The van der Waals surface area contributed by atoms with E-state index in [0.29, 0.717) is 0 Å². The van der Waals surface area contributed by atoms with Crippen molar-refractivity contribution in [2.75, 3.05) is 18.9 Å². The quantitative estimate of drug-likeness (QED) is 0.805. The van der Waals surface area contributed by atoms with E-state index >= 15 is 0 Å². The molecule has 0 saturated heterocycles. The van der Waals surface area contributed by atoms with Gasteiger partial charge in [0.05, 0.1) is 12.8 Å². The number of anilines is 1. The smallest absolute Gasteiger partial charge is 0.289 e. The molecule has 0 atom stereocenters. The molecule has 116 valence electrons. The number of fused-ring (bicyclic) bond motifs is 1. The van der Waals surface area contributed by atoms with E-state index in [2.05, 4.69) is 5.32 Å². The molecule has 1 N–H and O–H groups in total. The summed E-state index contributed by atoms with van der Waals surface area (Å²) in [5.74, 6) is -0.378. The molecule has 0 saturated carbocycles. The average molecular weight is 308 g/mol. The zero-order valence-electron chi connectivity index (χ0n) is 12.7. The molecule has 0 bridgehead atoms. The summed E-state index contributed by atoms with van der Waals surface area (Å²) in [6.07, 6.45) is 1.43. The molecule has 5 heteroatoms. The number of nitrogens with one attached hydrogen (secondary N) is 1. The van der Waals surface area contributed by atoms with Crippen molar-refractivity contribution in [2.24, 2.45) is 0 Å². The maximum absolute atomic E-state index is 12.2. The van der Waals surface area contributed by atoms with Crippen LogP contribution in [0.4, 0.5) is 5.69 Å². The fourth-order valence-electron chi connectivity index (χ4n) is 2.40. The maximum atomic E-state index is 12.2. The van der Waals surface area contributed by atoms with Crippen LogP contribution in [0.1, 0.15) is 10.6 Å². The van der Waals surface area contributed by atoms with Gasteiger partial charge in [-0.2, -0.15) is 0 Å². The average Bonchev–Trinajstić information content (AvgIpc) is 3.08. The van der Waals surface area contributed by atoms with Crippen LogP contribution in [0.25, 0.3) is 10.8 Å². The van der Waals surface area contributed by atoms with Crippen molar-refractivity contribution in [2.45, 2.75) is 0 Å². The molecule has 0 unspecified atom stereocenters. The molecule has 3 aromatic rings. The number of carbonyl (C=O) groups excluding carboxylic acids is 2. The Morgan fingerprint density at radius 1 is 1.04 bits per heavy atom. The highest BCUT2D eigenvalue weighted by atomic mass is 16.3. The topological polar surface area (TPSA) is 62.6 Å². The fraction of sp³-hybridized carbons (Fsp3) is 0.111. The van der Waals surface area contributed by atoms with Crippen molar-refractivity contribution in [3.05, 3.63) is 66.6 Å². The van der Waals surface area contributed by atoms with Crippen molar-refractivity contribution in [1.29, 1.82) is 0 Å². The Balaban J connectivity index is 1.70. The van der Waals surface area contributed by atoms with Gasteiger partial charge in [0.15, 0.2) is 5.76 Å². The first-order chi connectivity index (χ1) is 11.1. The predicted octanol–water partition coefficient (Wildman–Crippen LogP) is 3.14. The van der Waals surface area contributed by atoms with Crippen molar-refractivity contribution >= 4 is 28.3 Å². The van der Waals surface area contributed by atoms with E-state index in [1.54, 1.807) is 19.2 Å². The minimum atomic E-state index is -0.330. The van der Waals surface area contributed by atoms with Gasteiger partial charge in [-0.05, 0) is 23.6 Å². The van der Waals surface area contributed by atoms with Crippen molar-refractivity contribution in [3.8, 4) is 0 Å². The molecular weight excluding hydrogens is 292 g/mol. The molecule has 3 rings (SSSR count). The lowest BCUT2D eigenvalue weighted by atomic mass is 10.1. The van der Waals surface area contributed by atoms with Crippen LogP contribution in [-0.4, -0.2) is 30.3 Å². The molecule has 0 fully saturated rings. The number of rotatable bonds is 4. The lowest BCUT2D eigenvalue weighted by Gasteiger charge is -2.16. The van der Waals surface area contributed by atoms with E-state index in [0.717, 1.165) is 16.5 Å². The second-order valence-corrected chi connectivity index (χ2v) is 5.21. The van der Waals surface area contributed by atoms with Gasteiger partial charge in [0.25, 0.3) is 5.91 Å². The van der Waals surface area contributed by atoms with Gasteiger partial charge in [-0.15, -0.1) is 0 Å². The van der Waals surface area contributed by atoms with Crippen LogP contribution >= 0.6 is 0 Å². The Morgan fingerprint density at radius 2 is 1.83 bits per heavy atom. The van der Waals surface area contributed by atoms with Gasteiger partial charge in [0, 0.05) is 18.1 Å². The normalized spacial score (nSPS) is 10.5. The Labute approximate surface area is 133 Å². The second-order valence-electron chi connectivity index (χ2n) is 5.21. The summed E-state index contributed by atoms with van der Waals surface area (Å²) >= 11 is 0. The second kappa shape index (κ2) is 6.36. The molecule has 2 amide bonds. The fourth-order valence-corrected chi connectivity index (χ4v) is 2.40. The molecule has 1 aromatic heterocycles. The van der Waals surface area contributed by atoms with Crippen LogP contribution < -0.4 is 5.32 Å². The van der Waals surface area contributed by atoms with Crippen LogP contribution in [-0.2, 0) is 4.79 Å². The number of carbonyl (C=O) groups is 2. The van der Waals surface area contributed by atoms with Gasteiger partial charge >= 0.3 is 0 Å². The molecule has 1 heterocycles. The zero-order chi connectivity index (χ0) is 16.2. The van der Waals surface area contributed by atoms with Gasteiger partial charge in [0.1, 0.15) is 0 Å². The zero-order valence-corrected chi connectivity index (χ0v) is 12.7. The molecule has 0 spiro atoms. The molecule has 0 aliphatic heterocycles. The van der Waals surface area contributed by atoms with E-state index in [9.17, 15) is 9.59 Å². The third-order valence-corrected chi connectivity index (χ3v) is 3.52. The SMILES string of the molecule is CN(CC(=O)Nc1cccc2ccccc12)C(=O)c1ccco1. The number of amides is 2. The van der Waals surface area contributed by atoms with Crippen LogP contribution in [0.15, 0.2) is 65.3 Å². The van der Waals surface area contributed by atoms with E-state index in [1.165, 1.54) is 11.2 Å². The highest BCUT2D eigenvalue weighted by molar-refractivity contribution is 6.04. The molecule has 23 heavy (non-hydrogen) atoms. The molecule has 0 aliphatic carbocycles. The Morgan fingerprint density at radius 3 is 2.61 bits per heavy atom. The Kier molecular flexibility index (Phi) is 4.10. The number of nitrogens with zero attached hydrogens (tertiary/aromatic N) is 1. The standard InChI is InChI=1S/C18H16N2O3/c1-20(18(22)16-10-5-11-23-16)12-17(21)19-15-9-4-7-13-6-2-3-8-14(13)15/h2-11H,12H2,1H3,(H,19,21). The maximum Gasteiger partial charge on any atom is 0.289 e. The molecule has 2 aromatic carbocycles. The van der Waals surface area contributed by atoms with Gasteiger partial charge < -0.3 is 14.6 Å². The van der Waals surface area contributed by atoms with E-state index in [1.807, 2.05) is 42.5 Å². The van der Waals surface area contributed by atoms with Crippen LogP contribution in [0, 0.1) is 0 Å². The molecule has 0 aliphatic rings. The summed E-state index contributed by atoms with van der Waals surface area (Å²) in [6, 6.07) is 16.7. The summed E-state index contributed by atoms with van der Waals surface area (Å²) in [7, 11) is 1.56. The van der Waals surface area contributed by atoms with Crippen molar-refractivity contribution in [3.63, 3.8) is 0 Å². The summed E-state index contributed by atoms with van der Waals surface area (Å²) in [6.45, 7) is -0.0528.